The van der Waals surface area contributed by atoms with Crippen LogP contribution in [0.1, 0.15) is 12.6 Å². The molecule has 0 fully saturated rings. The number of rotatable bonds is 7. The fourth-order valence-corrected chi connectivity index (χ4v) is 4.30. The van der Waals surface area contributed by atoms with E-state index >= 15 is 0 Å². The molecule has 168 valence electrons. The maximum Gasteiger partial charge on any atom is 0.264 e. The molecule has 0 aliphatic rings. The Balaban J connectivity index is 1.67. The molecule has 3 aromatic heterocycles. The molecule has 0 unspecified atom stereocenters. The molecule has 3 heterocycles. The van der Waals surface area contributed by atoms with Crippen LogP contribution in [0.3, 0.4) is 0 Å². The smallest absolute Gasteiger partial charge is 0.264 e. The van der Waals surface area contributed by atoms with Crippen molar-refractivity contribution in [2.45, 2.75) is 18.2 Å². The first-order valence-corrected chi connectivity index (χ1v) is 11.5. The van der Waals surface area contributed by atoms with Gasteiger partial charge in [-0.25, -0.2) is 27.2 Å². The van der Waals surface area contributed by atoms with Gasteiger partial charge in [0.05, 0.1) is 11.4 Å². The summed E-state index contributed by atoms with van der Waals surface area (Å²) in [5, 5.41) is 3.10. The van der Waals surface area contributed by atoms with E-state index in [1.807, 2.05) is 13.0 Å². The number of nitrogens with one attached hydrogen (secondary N) is 2. The molecule has 1 aromatic carbocycles. The Bertz CT molecular complexity index is 1400. The van der Waals surface area contributed by atoms with Crippen LogP contribution in [0.2, 0.25) is 0 Å². The van der Waals surface area contributed by atoms with Gasteiger partial charge in [0.2, 0.25) is 0 Å². The van der Waals surface area contributed by atoms with Gasteiger partial charge in [-0.05, 0) is 54.4 Å². The van der Waals surface area contributed by atoms with Crippen molar-refractivity contribution < 1.29 is 17.2 Å². The molecule has 0 atom stereocenters. The highest BCUT2D eigenvalue weighted by atomic mass is 32.2. The molecule has 0 radical (unpaired) electrons. The first kappa shape index (κ1) is 22.3. The van der Waals surface area contributed by atoms with Gasteiger partial charge in [0.15, 0.2) is 0 Å². The Labute approximate surface area is 189 Å². The highest BCUT2D eigenvalue weighted by molar-refractivity contribution is 7.92. The molecule has 33 heavy (non-hydrogen) atoms. The van der Waals surface area contributed by atoms with Crippen molar-refractivity contribution in [2.24, 2.45) is 0 Å². The van der Waals surface area contributed by atoms with Gasteiger partial charge in [0.1, 0.15) is 28.2 Å². The molecule has 0 bridgehead atoms. The number of anilines is 3. The Morgan fingerprint density at radius 3 is 2.42 bits per heavy atom. The molecule has 0 spiro atoms. The van der Waals surface area contributed by atoms with Gasteiger partial charge in [-0.1, -0.05) is 13.0 Å². The van der Waals surface area contributed by atoms with Gasteiger partial charge >= 0.3 is 0 Å². The van der Waals surface area contributed by atoms with E-state index in [1.165, 1.54) is 0 Å². The summed E-state index contributed by atoms with van der Waals surface area (Å²) in [6.07, 6.45) is 5.32. The van der Waals surface area contributed by atoms with Crippen LogP contribution < -0.4 is 10.0 Å². The Hall–Kier alpha value is -3.92. The Morgan fingerprint density at radius 1 is 0.879 bits per heavy atom. The topological polar surface area (TPSA) is 96.9 Å². The molecular weight excluding hydrogens is 448 g/mol. The summed E-state index contributed by atoms with van der Waals surface area (Å²) in [5.74, 6) is -0.876. The zero-order valence-electron chi connectivity index (χ0n) is 17.5. The van der Waals surface area contributed by atoms with Gasteiger partial charge in [0.25, 0.3) is 10.0 Å². The zero-order chi connectivity index (χ0) is 23.4. The normalized spacial score (nSPS) is 11.2. The highest BCUT2D eigenvalue weighted by Crippen LogP contribution is 2.28. The maximum atomic E-state index is 14.1. The number of hydrogen-bond donors (Lipinski definition) is 2. The SMILES string of the molecule is CCc1ncc(-c2ccnc(Nc3ccccn3)c2)cc1NS(=O)(=O)c1ccc(F)cc1F. The van der Waals surface area contributed by atoms with Crippen LogP contribution in [0.4, 0.5) is 26.1 Å². The molecule has 4 aromatic rings. The standard InChI is InChI=1S/C23H19F2N5O2S/c1-2-19-20(30-33(31,32)21-7-6-17(24)13-18(21)25)11-16(14-28-19)15-8-10-27-23(12-15)29-22-5-3-4-9-26-22/h3-14,30H,2H2,1H3,(H,26,27,29). The van der Waals surface area contributed by atoms with Crippen molar-refractivity contribution in [3.05, 3.63) is 90.5 Å². The van der Waals surface area contributed by atoms with Crippen LogP contribution in [-0.4, -0.2) is 23.4 Å². The summed E-state index contributed by atoms with van der Waals surface area (Å²) >= 11 is 0. The van der Waals surface area contributed by atoms with Crippen LogP contribution in [0.25, 0.3) is 11.1 Å². The number of pyridine rings is 3. The summed E-state index contributed by atoms with van der Waals surface area (Å²) in [7, 11) is -4.31. The summed E-state index contributed by atoms with van der Waals surface area (Å²) in [5.41, 5.74) is 2.03. The van der Waals surface area contributed by atoms with Crippen LogP contribution in [0, 0.1) is 11.6 Å². The largest absolute Gasteiger partial charge is 0.325 e. The molecule has 0 amide bonds. The Morgan fingerprint density at radius 2 is 1.70 bits per heavy atom. The molecule has 0 saturated carbocycles. The van der Waals surface area contributed by atoms with Crippen molar-refractivity contribution in [3.63, 3.8) is 0 Å². The van der Waals surface area contributed by atoms with E-state index in [4.69, 9.17) is 0 Å². The van der Waals surface area contributed by atoms with E-state index in [0.29, 0.717) is 35.4 Å². The zero-order valence-corrected chi connectivity index (χ0v) is 18.3. The van der Waals surface area contributed by atoms with E-state index in [9.17, 15) is 17.2 Å². The number of sulfonamides is 1. The van der Waals surface area contributed by atoms with E-state index in [1.54, 1.807) is 48.9 Å². The fourth-order valence-electron chi connectivity index (χ4n) is 3.16. The van der Waals surface area contributed by atoms with Gasteiger partial charge in [-0.2, -0.15) is 0 Å². The van der Waals surface area contributed by atoms with E-state index in [2.05, 4.69) is 25.0 Å². The summed E-state index contributed by atoms with van der Waals surface area (Å²) in [6.45, 7) is 1.82. The molecule has 2 N–H and O–H groups in total. The second-order valence-corrected chi connectivity index (χ2v) is 8.67. The predicted octanol–water partition coefficient (Wildman–Crippen LogP) is 4.92. The summed E-state index contributed by atoms with van der Waals surface area (Å²) in [6, 6.07) is 12.9. The molecule has 10 heteroatoms. The average Bonchev–Trinajstić information content (AvgIpc) is 2.79. The van der Waals surface area contributed by atoms with Gasteiger partial charge < -0.3 is 5.32 Å². The number of hydrogen-bond acceptors (Lipinski definition) is 6. The highest BCUT2D eigenvalue weighted by Gasteiger charge is 2.21. The third kappa shape index (κ3) is 5.12. The van der Waals surface area contributed by atoms with Gasteiger partial charge in [0, 0.05) is 30.2 Å². The molecule has 4 rings (SSSR count). The molecule has 7 nitrogen and oxygen atoms in total. The minimum atomic E-state index is -4.31. The number of aryl methyl sites for hydroxylation is 1. The molecule has 0 aliphatic carbocycles. The van der Waals surface area contributed by atoms with E-state index < -0.39 is 26.6 Å². The number of benzene rings is 1. The second kappa shape index (κ2) is 9.29. The predicted molar refractivity (Wildman–Crippen MR) is 122 cm³/mol. The lowest BCUT2D eigenvalue weighted by atomic mass is 10.1. The Kier molecular flexibility index (Phi) is 6.27. The minimum absolute atomic E-state index is 0.203. The van der Waals surface area contributed by atoms with Gasteiger partial charge in [-0.15, -0.1) is 0 Å². The van der Waals surface area contributed by atoms with Gasteiger partial charge in [-0.3, -0.25) is 9.71 Å². The minimum Gasteiger partial charge on any atom is -0.325 e. The van der Waals surface area contributed by atoms with Crippen molar-refractivity contribution in [1.82, 2.24) is 15.0 Å². The first-order chi connectivity index (χ1) is 15.9. The van der Waals surface area contributed by atoms with Crippen molar-refractivity contribution in [3.8, 4) is 11.1 Å². The van der Waals surface area contributed by atoms with Crippen molar-refractivity contribution >= 4 is 27.3 Å². The third-order valence-electron chi connectivity index (χ3n) is 4.75. The van der Waals surface area contributed by atoms with Crippen LogP contribution in [-0.2, 0) is 16.4 Å². The number of halogens is 2. The molecule has 0 saturated heterocycles. The van der Waals surface area contributed by atoms with Crippen LogP contribution in [0.5, 0.6) is 0 Å². The average molecular weight is 468 g/mol. The fraction of sp³-hybridized carbons (Fsp3) is 0.0870. The van der Waals surface area contributed by atoms with Crippen molar-refractivity contribution in [2.75, 3.05) is 10.0 Å². The lowest BCUT2D eigenvalue weighted by Gasteiger charge is -2.14. The molecular formula is C23H19F2N5O2S. The maximum absolute atomic E-state index is 14.1. The monoisotopic (exact) mass is 467 g/mol. The summed E-state index contributed by atoms with van der Waals surface area (Å²) < 4.78 is 55.3. The number of aromatic nitrogens is 3. The van der Waals surface area contributed by atoms with Crippen LogP contribution >= 0.6 is 0 Å². The lowest BCUT2D eigenvalue weighted by molar-refractivity contribution is 0.551. The third-order valence-corrected chi connectivity index (χ3v) is 6.15. The quantitative estimate of drug-likeness (QED) is 0.400. The van der Waals surface area contributed by atoms with Crippen molar-refractivity contribution in [1.29, 1.82) is 0 Å². The van der Waals surface area contributed by atoms with E-state index in [-0.39, 0.29) is 5.69 Å². The first-order valence-electron chi connectivity index (χ1n) is 9.97. The van der Waals surface area contributed by atoms with Crippen LogP contribution in [0.15, 0.2) is 78.1 Å². The molecule has 0 aliphatic heterocycles. The summed E-state index contributed by atoms with van der Waals surface area (Å²) in [4.78, 5) is 12.2. The second-order valence-electron chi connectivity index (χ2n) is 7.02. The number of nitrogens with zero attached hydrogens (tertiary/aromatic N) is 3. The van der Waals surface area contributed by atoms with E-state index in [0.717, 1.165) is 17.7 Å². The lowest BCUT2D eigenvalue weighted by Crippen LogP contribution is -2.16.